The fourth-order valence-electron chi connectivity index (χ4n) is 4.50. The molecule has 1 aliphatic heterocycles. The Morgan fingerprint density at radius 3 is 1.61 bits per heavy atom. The van der Waals surface area contributed by atoms with Gasteiger partial charge in [0.2, 0.25) is 5.89 Å². The van der Waals surface area contributed by atoms with E-state index in [1.165, 1.54) is 15.6 Å². The molecular weight excluding hydrogens is 745 g/mol. The third-order valence-electron chi connectivity index (χ3n) is 6.98. The van der Waals surface area contributed by atoms with Crippen LogP contribution in [-0.2, 0) is 29.2 Å². The second-order valence-corrected chi connectivity index (χ2v) is 18.4. The highest BCUT2D eigenvalue weighted by Gasteiger charge is 2.23. The normalized spacial score (nSPS) is 11.5. The Labute approximate surface area is 365 Å². The molecule has 1 aliphatic rings. The molecule has 0 aliphatic carbocycles. The molecule has 6 aromatic rings. The maximum Gasteiger partial charge on any atom is 0.200 e. The Hall–Kier alpha value is -4.01. The van der Waals surface area contributed by atoms with E-state index >= 15 is 0 Å². The zero-order valence-electron chi connectivity index (χ0n) is 41.3. The summed E-state index contributed by atoms with van der Waals surface area (Å²) in [5.41, 5.74) is 5.96. The average Bonchev–Trinajstić information content (AvgIpc) is 3.88. The first kappa shape index (κ1) is 57.1. The number of hydrogen-bond donors (Lipinski definition) is 1. The Balaban J connectivity index is 0. The van der Waals surface area contributed by atoms with E-state index in [4.69, 9.17) is 9.40 Å². The van der Waals surface area contributed by atoms with E-state index in [0.717, 1.165) is 53.1 Å². The molecule has 1 N–H and O–H groups in total. The molecule has 0 bridgehead atoms. The number of rotatable bonds is 0. The standard InChI is InChI=1S/C12H14N2.C11H13NO.C10H16N2S.C5H5N.C5H12.4C2H6/c1-12(2,3)11-10-9(6-8-14-11)5-4-7-13-10;1-11(2,3)10-12-8-6-4-5-7-9(8)13-10;1-10(2,3)9-12-7-4-5-11-6-8(7)13-9;1-2-4-6-5-3-1;1-5(2,3)4;4*1-2/h4-8H,1-3H3;4-7H,1-3H3;11H,4-6H2,1-3H3;1-5H;1-4H3;4*1-2H3. The summed E-state index contributed by atoms with van der Waals surface area (Å²) in [6, 6.07) is 19.6. The third-order valence-corrected chi connectivity index (χ3v) is 8.50. The van der Waals surface area contributed by atoms with Crippen molar-refractivity contribution in [3.63, 3.8) is 0 Å². The number of pyridine rings is 3. The van der Waals surface area contributed by atoms with Crippen LogP contribution in [0.25, 0.3) is 22.0 Å². The SMILES string of the molecule is CC.CC.CC.CC.CC(C)(C)C.CC(C)(C)c1nc2c(s1)CNCC2.CC(C)(C)c1nc2ccccc2o1.CC(C)(C)c1nccc2cccnc12.c1ccncc1. The second kappa shape index (κ2) is 29.3. The topological polar surface area (TPSA) is 89.6 Å². The van der Waals surface area contributed by atoms with Gasteiger partial charge in [-0.15, -0.1) is 11.3 Å². The van der Waals surface area contributed by atoms with Gasteiger partial charge >= 0.3 is 0 Å². The van der Waals surface area contributed by atoms with Crippen LogP contribution in [0.3, 0.4) is 0 Å². The molecule has 7 nitrogen and oxygen atoms in total. The maximum atomic E-state index is 5.62. The highest BCUT2D eigenvalue weighted by Crippen LogP contribution is 2.31. The molecule has 0 radical (unpaired) electrons. The van der Waals surface area contributed by atoms with E-state index in [1.54, 1.807) is 12.4 Å². The van der Waals surface area contributed by atoms with Crippen molar-refractivity contribution >= 4 is 33.3 Å². The number of thiazole rings is 1. The van der Waals surface area contributed by atoms with Gasteiger partial charge in [-0.3, -0.25) is 15.0 Å². The van der Waals surface area contributed by atoms with E-state index in [1.807, 2.05) is 134 Å². The summed E-state index contributed by atoms with van der Waals surface area (Å²) in [6.45, 7) is 46.3. The van der Waals surface area contributed by atoms with Gasteiger partial charge in [-0.1, -0.05) is 170 Å². The molecular formula is C51H84N6OS. The van der Waals surface area contributed by atoms with Gasteiger partial charge in [0.25, 0.3) is 0 Å². The highest BCUT2D eigenvalue weighted by atomic mass is 32.1. The lowest BCUT2D eigenvalue weighted by atomic mass is 9.90. The van der Waals surface area contributed by atoms with E-state index in [-0.39, 0.29) is 16.2 Å². The van der Waals surface area contributed by atoms with Gasteiger partial charge in [-0.05, 0) is 41.8 Å². The van der Waals surface area contributed by atoms with Crippen LogP contribution in [0.15, 0.2) is 89.9 Å². The largest absolute Gasteiger partial charge is 0.440 e. The molecule has 1 aromatic carbocycles. The fourth-order valence-corrected chi connectivity index (χ4v) is 5.64. The Morgan fingerprint density at radius 1 is 0.576 bits per heavy atom. The summed E-state index contributed by atoms with van der Waals surface area (Å²) in [4.78, 5) is 23.1. The summed E-state index contributed by atoms with van der Waals surface area (Å²) in [7, 11) is 0. The first-order valence-electron chi connectivity index (χ1n) is 21.8. The molecule has 6 heterocycles. The summed E-state index contributed by atoms with van der Waals surface area (Å²) in [5.74, 6) is 0.800. The molecule has 0 amide bonds. The molecule has 0 unspecified atom stereocenters. The zero-order chi connectivity index (χ0) is 45.9. The van der Waals surface area contributed by atoms with Crippen LogP contribution in [0.4, 0.5) is 0 Å². The first-order valence-corrected chi connectivity index (χ1v) is 22.7. The van der Waals surface area contributed by atoms with Gasteiger partial charge in [0.1, 0.15) is 5.52 Å². The first-order chi connectivity index (χ1) is 27.7. The molecule has 0 fully saturated rings. The lowest BCUT2D eigenvalue weighted by Gasteiger charge is -2.18. The van der Waals surface area contributed by atoms with Crippen molar-refractivity contribution in [3.8, 4) is 0 Å². The van der Waals surface area contributed by atoms with Crippen molar-refractivity contribution in [2.24, 2.45) is 5.41 Å². The zero-order valence-corrected chi connectivity index (χ0v) is 42.1. The van der Waals surface area contributed by atoms with E-state index in [0.29, 0.717) is 5.41 Å². The third kappa shape index (κ3) is 23.4. The Kier molecular flexibility index (Phi) is 28.3. The highest BCUT2D eigenvalue weighted by molar-refractivity contribution is 7.11. The Bertz CT molecular complexity index is 1810. The van der Waals surface area contributed by atoms with E-state index in [2.05, 4.69) is 121 Å². The molecule has 0 saturated carbocycles. The van der Waals surface area contributed by atoms with Gasteiger partial charge < -0.3 is 9.73 Å². The number of nitrogens with one attached hydrogen (secondary N) is 1. The minimum absolute atomic E-state index is 0.0149. The predicted octanol–water partition coefficient (Wildman–Crippen LogP) is 15.4. The molecule has 330 valence electrons. The quantitative estimate of drug-likeness (QED) is 0.163. The number of aromatic nitrogens is 5. The minimum atomic E-state index is -0.0149. The van der Waals surface area contributed by atoms with E-state index in [9.17, 15) is 0 Å². The molecule has 59 heavy (non-hydrogen) atoms. The van der Waals surface area contributed by atoms with Gasteiger partial charge in [-0.25, -0.2) is 9.97 Å². The van der Waals surface area contributed by atoms with Crippen molar-refractivity contribution < 1.29 is 4.42 Å². The smallest absolute Gasteiger partial charge is 0.200 e. The average molecular weight is 829 g/mol. The van der Waals surface area contributed by atoms with Crippen molar-refractivity contribution in [2.75, 3.05) is 6.54 Å². The number of hydrogen-bond acceptors (Lipinski definition) is 8. The monoisotopic (exact) mass is 829 g/mol. The summed E-state index contributed by atoms with van der Waals surface area (Å²) in [6.07, 6.45) is 8.27. The fraction of sp³-hybridized carbons (Fsp3) is 0.549. The van der Waals surface area contributed by atoms with E-state index < -0.39 is 0 Å². The number of oxazole rings is 1. The lowest BCUT2D eigenvalue weighted by Crippen LogP contribution is -2.22. The van der Waals surface area contributed by atoms with Crippen LogP contribution in [0.1, 0.15) is 173 Å². The summed E-state index contributed by atoms with van der Waals surface area (Å²) < 4.78 is 5.62. The van der Waals surface area contributed by atoms with Crippen LogP contribution < -0.4 is 5.32 Å². The van der Waals surface area contributed by atoms with Gasteiger partial charge in [0, 0.05) is 70.8 Å². The van der Waals surface area contributed by atoms with Crippen molar-refractivity contribution in [1.82, 2.24) is 30.2 Å². The number of fused-ring (bicyclic) bond motifs is 3. The van der Waals surface area contributed by atoms with Gasteiger partial charge in [-0.2, -0.15) is 0 Å². The summed E-state index contributed by atoms with van der Waals surface area (Å²) >= 11 is 1.87. The Morgan fingerprint density at radius 2 is 1.15 bits per heavy atom. The van der Waals surface area contributed by atoms with Gasteiger partial charge in [0.05, 0.1) is 21.9 Å². The molecule has 5 aromatic heterocycles. The molecule has 0 saturated heterocycles. The van der Waals surface area contributed by atoms with Crippen molar-refractivity contribution in [1.29, 1.82) is 0 Å². The number of benzene rings is 1. The van der Waals surface area contributed by atoms with Crippen LogP contribution in [0, 0.1) is 5.41 Å². The molecule has 0 atom stereocenters. The summed E-state index contributed by atoms with van der Waals surface area (Å²) in [5, 5.41) is 5.81. The lowest BCUT2D eigenvalue weighted by molar-refractivity contribution is 0.411. The minimum Gasteiger partial charge on any atom is -0.440 e. The maximum absolute atomic E-state index is 5.62. The van der Waals surface area contributed by atoms with Crippen LogP contribution in [0.2, 0.25) is 0 Å². The van der Waals surface area contributed by atoms with Crippen molar-refractivity contribution in [3.05, 3.63) is 113 Å². The van der Waals surface area contributed by atoms with Crippen molar-refractivity contribution in [2.45, 2.75) is 175 Å². The number of para-hydroxylation sites is 2. The van der Waals surface area contributed by atoms with Gasteiger partial charge in [0.15, 0.2) is 5.58 Å². The van der Waals surface area contributed by atoms with Crippen LogP contribution in [0.5, 0.6) is 0 Å². The molecule has 8 heteroatoms. The molecule has 0 spiro atoms. The second-order valence-electron chi connectivity index (χ2n) is 17.3. The number of nitrogens with zero attached hydrogens (tertiary/aromatic N) is 5. The molecule has 7 rings (SSSR count). The predicted molar refractivity (Wildman–Crippen MR) is 262 cm³/mol. The van der Waals surface area contributed by atoms with Crippen LogP contribution >= 0.6 is 11.3 Å². The van der Waals surface area contributed by atoms with Crippen LogP contribution in [-0.4, -0.2) is 31.5 Å².